The van der Waals surface area contributed by atoms with Gasteiger partial charge in [-0.15, -0.1) is 0 Å². The summed E-state index contributed by atoms with van der Waals surface area (Å²) in [5.41, 5.74) is 2.79. The molecule has 0 aliphatic heterocycles. The molecule has 0 spiro atoms. The van der Waals surface area contributed by atoms with Gasteiger partial charge < -0.3 is 120 Å². The minimum absolute atomic E-state index is 0.0337. The molecule has 112 heavy (non-hydrogen) atoms. The SMILES string of the molecule is C=COC.C=COCCC(=O)O.C=COCCCC.C=COCCO.C=COCCO.C=COCCOC.C=COCCOC.C=COCCOC(=O)C(=C)C.C=COCCOCC.C=COCCOCC.C=COCCOCC(=O)O.C=COCCOc1ccc(-c2ccccc2)cc1.C=COCCOc1ccccc1. The van der Waals surface area contributed by atoms with Crippen LogP contribution >= 0.6 is 0 Å². The number of hydrogen-bond donors (Lipinski definition) is 4. The first-order chi connectivity index (χ1) is 54.4. The molecule has 0 aliphatic rings. The molecule has 0 atom stereocenters. The van der Waals surface area contributed by atoms with Crippen LogP contribution in [-0.2, 0) is 104 Å². The Bertz CT molecular complexity index is 2440. The van der Waals surface area contributed by atoms with Crippen molar-refractivity contribution in [3.8, 4) is 22.6 Å². The van der Waals surface area contributed by atoms with Crippen molar-refractivity contribution >= 4 is 17.9 Å². The molecule has 28 nitrogen and oxygen atoms in total. The van der Waals surface area contributed by atoms with Gasteiger partial charge in [0.1, 0.15) is 104 Å². The van der Waals surface area contributed by atoms with Crippen LogP contribution in [0.5, 0.6) is 11.5 Å². The summed E-state index contributed by atoms with van der Waals surface area (Å²) in [5.74, 6) is -0.504. The van der Waals surface area contributed by atoms with Gasteiger partial charge in [-0.1, -0.05) is 166 Å². The van der Waals surface area contributed by atoms with Crippen LogP contribution in [0.1, 0.15) is 47.0 Å². The number of aliphatic hydroxyl groups is 2. The lowest BCUT2D eigenvalue weighted by atomic mass is 10.1. The number of methoxy groups -OCH3 is 3. The predicted octanol–water partition coefficient (Wildman–Crippen LogP) is 15.2. The summed E-state index contributed by atoms with van der Waals surface area (Å²) in [7, 11) is 4.83. The van der Waals surface area contributed by atoms with E-state index in [1.54, 1.807) is 28.3 Å². The van der Waals surface area contributed by atoms with Crippen molar-refractivity contribution in [2.75, 3.05) is 187 Å². The van der Waals surface area contributed by atoms with E-state index in [0.717, 1.165) is 37.7 Å². The highest BCUT2D eigenvalue weighted by Gasteiger charge is 2.02. The Morgan fingerprint density at radius 3 is 0.955 bits per heavy atom. The normalized spacial score (nSPS) is 8.47. The highest BCUT2D eigenvalue weighted by Crippen LogP contribution is 2.22. The second-order valence-electron chi connectivity index (χ2n) is 18.4. The van der Waals surface area contributed by atoms with E-state index in [9.17, 15) is 14.4 Å². The van der Waals surface area contributed by atoms with E-state index in [1.807, 2.05) is 74.5 Å². The minimum atomic E-state index is -0.974. The second-order valence-corrected chi connectivity index (χ2v) is 18.4. The van der Waals surface area contributed by atoms with Gasteiger partial charge in [0.05, 0.1) is 154 Å². The maximum Gasteiger partial charge on any atom is 0.333 e. The average molecular weight is 1590 g/mol. The van der Waals surface area contributed by atoms with Gasteiger partial charge in [0.15, 0.2) is 0 Å². The summed E-state index contributed by atoms with van der Waals surface area (Å²) in [4.78, 5) is 30.3. The van der Waals surface area contributed by atoms with Gasteiger partial charge in [0.25, 0.3) is 0 Å². The molecule has 4 N–H and O–H groups in total. The lowest BCUT2D eigenvalue weighted by molar-refractivity contribution is -0.142. The van der Waals surface area contributed by atoms with Crippen LogP contribution < -0.4 is 9.47 Å². The topological polar surface area (TPSA) is 326 Å². The van der Waals surface area contributed by atoms with E-state index in [4.69, 9.17) is 82.0 Å². The number of unbranched alkanes of at least 4 members (excludes halogenated alkanes) is 1. The van der Waals surface area contributed by atoms with Crippen molar-refractivity contribution in [2.45, 2.75) is 47.0 Å². The zero-order valence-corrected chi connectivity index (χ0v) is 67.9. The third-order valence-corrected chi connectivity index (χ3v) is 9.96. The molecule has 0 saturated heterocycles. The summed E-state index contributed by atoms with van der Waals surface area (Å²) in [6, 6.07) is 28.0. The molecule has 0 heterocycles. The molecule has 0 amide bonds. The Morgan fingerprint density at radius 1 is 0.348 bits per heavy atom. The van der Waals surface area contributed by atoms with Gasteiger partial charge in [-0.05, 0) is 62.6 Å². The molecule has 3 aromatic carbocycles. The van der Waals surface area contributed by atoms with Crippen LogP contribution in [0.3, 0.4) is 0 Å². The maximum atomic E-state index is 10.7. The summed E-state index contributed by atoms with van der Waals surface area (Å²) in [6.45, 7) is 65.9. The van der Waals surface area contributed by atoms with Gasteiger partial charge in [0, 0.05) is 33.0 Å². The third kappa shape index (κ3) is 142. The fourth-order valence-corrected chi connectivity index (χ4v) is 5.12. The van der Waals surface area contributed by atoms with Crippen LogP contribution in [0.4, 0.5) is 0 Å². The number of carbonyl (C=O) groups excluding carboxylic acids is 1. The van der Waals surface area contributed by atoms with Crippen molar-refractivity contribution in [3.05, 3.63) is 264 Å². The molecular formula is C84H136O28. The Morgan fingerprint density at radius 2 is 0.652 bits per heavy atom. The van der Waals surface area contributed by atoms with Gasteiger partial charge in [-0.2, -0.15) is 0 Å². The fourth-order valence-electron chi connectivity index (χ4n) is 5.12. The Hall–Kier alpha value is -10.9. The minimum Gasteiger partial charge on any atom is -0.505 e. The smallest absolute Gasteiger partial charge is 0.333 e. The second kappa shape index (κ2) is 124. The molecule has 0 saturated carbocycles. The first-order valence-corrected chi connectivity index (χ1v) is 34.9. The Labute approximate surface area is 669 Å². The maximum absolute atomic E-state index is 10.7. The number of rotatable bonds is 55. The van der Waals surface area contributed by atoms with E-state index >= 15 is 0 Å². The Kier molecular flexibility index (Phi) is 135. The average Bonchev–Trinajstić information content (AvgIpc) is 0.868. The standard InChI is InChI=1S/C16H16O2.C10H12O2.C8H12O3.C6H10O4.2C6H12O2.C6H12O.C5H8O3.2C5H10O2.2C4H8O2.C3H6O/c1-2-17-12-13-18-16-10-8-15(9-11-16)14-6-4-3-5-7-14;1-2-11-8-9-12-10-6-4-3-5-7-10;1-4-10-5-6-11-8(9)7(2)3;1-2-9-3-4-10-5-6(7)8;2*1-3-7-5-6-8-4-2;1-3-5-6-7-4-2;1-2-8-4-3-5(6)7;2*1-3-7-5-4-6-2;2*1-2-6-4-3-5;1-3-4-2/h2-11H,1,12-13H2;2-7H,1,8-9H2;4H,1-2,5-6H2,3H3;2H,1,3-5H2,(H,7,8);2*3H,1,4-6H2,2H3;4H,2-3,5-6H2,1H3;2H,1,3-4H2,(H,6,7);2*3H,1,4-5H2,2H3;2*2,5H,1,3-4H2;3H,1H2,2H3. The number of hydrogen-bond acceptors (Lipinski definition) is 26. The molecule has 0 unspecified atom stereocenters. The molecule has 28 heteroatoms. The predicted molar refractivity (Wildman–Crippen MR) is 443 cm³/mol. The van der Waals surface area contributed by atoms with E-state index in [0.29, 0.717) is 111 Å². The van der Waals surface area contributed by atoms with E-state index < -0.39 is 17.9 Å². The summed E-state index contributed by atoms with van der Waals surface area (Å²) >= 11 is 0. The number of para-hydroxylation sites is 1. The monoisotopic (exact) mass is 1590 g/mol. The van der Waals surface area contributed by atoms with Crippen molar-refractivity contribution in [3.63, 3.8) is 0 Å². The largest absolute Gasteiger partial charge is 0.505 e. The summed E-state index contributed by atoms with van der Waals surface area (Å²) in [6.07, 6.45) is 20.1. The lowest BCUT2D eigenvalue weighted by Gasteiger charge is -2.07. The van der Waals surface area contributed by atoms with Gasteiger partial charge in [-0.3, -0.25) is 4.79 Å². The number of aliphatic carboxylic acids is 2. The number of ether oxygens (including phenoxy) is 21. The number of carbonyl (C=O) groups is 3. The first-order valence-electron chi connectivity index (χ1n) is 34.9. The van der Waals surface area contributed by atoms with E-state index in [2.05, 4.69) is 161 Å². The van der Waals surface area contributed by atoms with Crippen LogP contribution in [0.25, 0.3) is 11.1 Å². The molecular weight excluding hydrogens is 1460 g/mol. The van der Waals surface area contributed by atoms with Gasteiger partial charge >= 0.3 is 17.9 Å². The van der Waals surface area contributed by atoms with Gasteiger partial charge in [-0.25, -0.2) is 9.59 Å². The molecule has 0 aliphatic carbocycles. The summed E-state index contributed by atoms with van der Waals surface area (Å²) < 4.78 is 100. The first kappa shape index (κ1) is 122. The van der Waals surface area contributed by atoms with Gasteiger partial charge in [0.2, 0.25) is 0 Å². The molecule has 0 fully saturated rings. The van der Waals surface area contributed by atoms with Crippen molar-refractivity contribution in [1.29, 1.82) is 0 Å². The lowest BCUT2D eigenvalue weighted by Crippen LogP contribution is -2.10. The quantitative estimate of drug-likeness (QED) is 0.0176. The van der Waals surface area contributed by atoms with Crippen LogP contribution in [-0.4, -0.2) is 225 Å². The zero-order valence-electron chi connectivity index (χ0n) is 67.9. The molecule has 0 aromatic heterocycles. The highest BCUT2D eigenvalue weighted by atomic mass is 16.6. The number of esters is 1. The Balaban J connectivity index is -0.000000128. The van der Waals surface area contributed by atoms with Crippen LogP contribution in [0.2, 0.25) is 0 Å². The van der Waals surface area contributed by atoms with E-state index in [1.165, 1.54) is 99.0 Å². The molecule has 3 aromatic rings. The molecule has 0 bridgehead atoms. The molecule has 0 radical (unpaired) electrons. The summed E-state index contributed by atoms with van der Waals surface area (Å²) in [5, 5.41) is 32.2. The highest BCUT2D eigenvalue weighted by molar-refractivity contribution is 5.86. The van der Waals surface area contributed by atoms with Crippen LogP contribution in [0, 0.1) is 0 Å². The molecule has 640 valence electrons. The molecule has 3 rings (SSSR count). The van der Waals surface area contributed by atoms with Crippen LogP contribution in [0.15, 0.2) is 264 Å². The van der Waals surface area contributed by atoms with Crippen molar-refractivity contribution in [1.82, 2.24) is 0 Å². The van der Waals surface area contributed by atoms with Crippen molar-refractivity contribution in [2.24, 2.45) is 0 Å². The number of aliphatic hydroxyl groups excluding tert-OH is 2. The zero-order chi connectivity index (χ0) is 86.4. The fraction of sp³-hybridized carbons (Fsp3) is 0.417. The number of carboxylic acids is 2. The number of carboxylic acid groups (broad SMARTS) is 2. The van der Waals surface area contributed by atoms with E-state index in [-0.39, 0.29) is 46.1 Å². The third-order valence-electron chi connectivity index (χ3n) is 9.96. The van der Waals surface area contributed by atoms with Crippen molar-refractivity contribution < 1.29 is 134 Å². The number of benzene rings is 3.